The standard InChI is InChI=1S/C18H26N2OS/c21-17(12-16-4-11-22-14-16)19-9-6-18(7-10-19)5-1-8-20(18)13-15-2-3-15/h4,11,14-15H,1-3,5-10,12-13H2. The van der Waals surface area contributed by atoms with E-state index in [9.17, 15) is 4.79 Å². The lowest BCUT2D eigenvalue weighted by atomic mass is 9.84. The van der Waals surface area contributed by atoms with E-state index in [0.29, 0.717) is 17.9 Å². The highest BCUT2D eigenvalue weighted by molar-refractivity contribution is 7.07. The molecule has 0 aromatic carbocycles. The topological polar surface area (TPSA) is 23.6 Å². The lowest BCUT2D eigenvalue weighted by molar-refractivity contribution is -0.133. The average molecular weight is 318 g/mol. The van der Waals surface area contributed by atoms with E-state index in [1.165, 1.54) is 57.2 Å². The van der Waals surface area contributed by atoms with Crippen LogP contribution in [0.2, 0.25) is 0 Å². The van der Waals surface area contributed by atoms with Crippen LogP contribution in [0.3, 0.4) is 0 Å². The molecule has 3 nitrogen and oxygen atoms in total. The Hall–Kier alpha value is -0.870. The van der Waals surface area contributed by atoms with Crippen molar-refractivity contribution >= 4 is 17.2 Å². The lowest BCUT2D eigenvalue weighted by Gasteiger charge is -2.45. The molecule has 3 aliphatic rings. The number of thiophene rings is 1. The van der Waals surface area contributed by atoms with Gasteiger partial charge in [0.25, 0.3) is 0 Å². The fraction of sp³-hybridized carbons (Fsp3) is 0.722. The molecular formula is C18H26N2OS. The van der Waals surface area contributed by atoms with Gasteiger partial charge < -0.3 is 4.90 Å². The smallest absolute Gasteiger partial charge is 0.227 e. The number of carbonyl (C=O) groups excluding carboxylic acids is 1. The van der Waals surface area contributed by atoms with Crippen LogP contribution in [0.25, 0.3) is 0 Å². The Labute approximate surface area is 137 Å². The van der Waals surface area contributed by atoms with E-state index in [1.807, 2.05) is 0 Å². The summed E-state index contributed by atoms with van der Waals surface area (Å²) in [6.45, 7) is 4.54. The Morgan fingerprint density at radius 2 is 2.05 bits per heavy atom. The van der Waals surface area contributed by atoms with Crippen molar-refractivity contribution in [3.63, 3.8) is 0 Å². The molecule has 0 radical (unpaired) electrons. The third-order valence-electron chi connectivity index (χ3n) is 5.90. The summed E-state index contributed by atoms with van der Waals surface area (Å²) in [5, 5.41) is 4.15. The van der Waals surface area contributed by atoms with Crippen LogP contribution in [0.1, 0.15) is 44.1 Å². The molecule has 4 rings (SSSR count). The Morgan fingerprint density at radius 3 is 2.73 bits per heavy atom. The SMILES string of the molecule is O=C(Cc1ccsc1)N1CCC2(CCCN2CC2CC2)CC1. The van der Waals surface area contributed by atoms with E-state index in [2.05, 4.69) is 26.6 Å². The van der Waals surface area contributed by atoms with Crippen molar-refractivity contribution in [2.24, 2.45) is 5.92 Å². The zero-order chi connectivity index (χ0) is 15.0. The second kappa shape index (κ2) is 5.97. The summed E-state index contributed by atoms with van der Waals surface area (Å²) in [4.78, 5) is 17.3. The van der Waals surface area contributed by atoms with Gasteiger partial charge in [-0.3, -0.25) is 9.69 Å². The molecule has 1 spiro atoms. The molecule has 3 heterocycles. The first-order valence-corrected chi connectivity index (χ1v) is 9.73. The summed E-state index contributed by atoms with van der Waals surface area (Å²) >= 11 is 1.68. The van der Waals surface area contributed by atoms with Gasteiger partial charge in [0.15, 0.2) is 0 Å². The summed E-state index contributed by atoms with van der Waals surface area (Å²) in [6.07, 6.45) is 8.56. The van der Waals surface area contributed by atoms with Crippen LogP contribution in [-0.2, 0) is 11.2 Å². The maximum Gasteiger partial charge on any atom is 0.227 e. The van der Waals surface area contributed by atoms with Crippen molar-refractivity contribution in [2.75, 3.05) is 26.2 Å². The molecule has 1 aromatic heterocycles. The monoisotopic (exact) mass is 318 g/mol. The first-order chi connectivity index (χ1) is 10.8. The normalized spacial score (nSPS) is 25.0. The Bertz CT molecular complexity index is 515. The molecule has 0 bridgehead atoms. The van der Waals surface area contributed by atoms with Crippen molar-refractivity contribution in [2.45, 2.75) is 50.5 Å². The molecule has 1 amide bonds. The van der Waals surface area contributed by atoms with Gasteiger partial charge in [-0.1, -0.05) is 0 Å². The van der Waals surface area contributed by atoms with Crippen molar-refractivity contribution in [3.8, 4) is 0 Å². The van der Waals surface area contributed by atoms with Gasteiger partial charge in [-0.25, -0.2) is 0 Å². The van der Waals surface area contributed by atoms with Gasteiger partial charge in [0, 0.05) is 25.2 Å². The molecule has 1 saturated carbocycles. The highest BCUT2D eigenvalue weighted by atomic mass is 32.1. The Morgan fingerprint density at radius 1 is 1.23 bits per heavy atom. The summed E-state index contributed by atoms with van der Waals surface area (Å²) in [5.41, 5.74) is 1.60. The zero-order valence-electron chi connectivity index (χ0n) is 13.3. The van der Waals surface area contributed by atoms with Crippen LogP contribution in [0.5, 0.6) is 0 Å². The highest BCUT2D eigenvalue weighted by Crippen LogP contribution is 2.41. The third-order valence-corrected chi connectivity index (χ3v) is 6.63. The van der Waals surface area contributed by atoms with E-state index in [4.69, 9.17) is 0 Å². The minimum atomic E-state index is 0.319. The van der Waals surface area contributed by atoms with Crippen LogP contribution in [-0.4, -0.2) is 47.4 Å². The van der Waals surface area contributed by atoms with Gasteiger partial charge >= 0.3 is 0 Å². The lowest BCUT2D eigenvalue weighted by Crippen LogP contribution is -2.53. The van der Waals surface area contributed by atoms with Crippen molar-refractivity contribution in [1.29, 1.82) is 0 Å². The molecule has 3 fully saturated rings. The molecule has 1 aliphatic carbocycles. The second-order valence-electron chi connectivity index (χ2n) is 7.41. The molecule has 0 N–H and O–H groups in total. The van der Waals surface area contributed by atoms with Gasteiger partial charge in [-0.05, 0) is 73.4 Å². The van der Waals surface area contributed by atoms with Crippen LogP contribution < -0.4 is 0 Å². The molecule has 0 unspecified atom stereocenters. The van der Waals surface area contributed by atoms with Gasteiger partial charge in [-0.15, -0.1) is 0 Å². The second-order valence-corrected chi connectivity index (χ2v) is 8.19. The quantitative estimate of drug-likeness (QED) is 0.851. The number of piperidine rings is 1. The Kier molecular flexibility index (Phi) is 3.99. The number of likely N-dealkylation sites (tertiary alicyclic amines) is 2. The average Bonchev–Trinajstić information content (AvgIpc) is 3.05. The minimum absolute atomic E-state index is 0.319. The van der Waals surface area contributed by atoms with Crippen molar-refractivity contribution < 1.29 is 4.79 Å². The maximum absolute atomic E-state index is 12.5. The zero-order valence-corrected chi connectivity index (χ0v) is 14.1. The van der Waals surface area contributed by atoms with E-state index in [-0.39, 0.29) is 0 Å². The number of hydrogen-bond donors (Lipinski definition) is 0. The first-order valence-electron chi connectivity index (χ1n) is 8.79. The Balaban J connectivity index is 1.34. The van der Waals surface area contributed by atoms with Crippen LogP contribution in [0, 0.1) is 5.92 Å². The summed E-state index contributed by atoms with van der Waals surface area (Å²) in [7, 11) is 0. The number of rotatable bonds is 4. The fourth-order valence-electron chi connectivity index (χ4n) is 4.31. The van der Waals surface area contributed by atoms with E-state index in [1.54, 1.807) is 11.3 Å². The summed E-state index contributed by atoms with van der Waals surface area (Å²) in [5.74, 6) is 1.30. The molecule has 4 heteroatoms. The summed E-state index contributed by atoms with van der Waals surface area (Å²) in [6, 6.07) is 2.07. The van der Waals surface area contributed by atoms with Crippen LogP contribution >= 0.6 is 11.3 Å². The van der Waals surface area contributed by atoms with Gasteiger partial charge in [0.05, 0.1) is 6.42 Å². The number of hydrogen-bond acceptors (Lipinski definition) is 3. The van der Waals surface area contributed by atoms with Crippen LogP contribution in [0.15, 0.2) is 16.8 Å². The third kappa shape index (κ3) is 2.95. The highest BCUT2D eigenvalue weighted by Gasteiger charge is 2.45. The van der Waals surface area contributed by atoms with Gasteiger partial charge in [-0.2, -0.15) is 11.3 Å². The van der Waals surface area contributed by atoms with E-state index < -0.39 is 0 Å². The van der Waals surface area contributed by atoms with Crippen molar-refractivity contribution in [1.82, 2.24) is 9.80 Å². The first kappa shape index (κ1) is 14.7. The molecule has 2 aliphatic heterocycles. The number of nitrogens with zero attached hydrogens (tertiary/aromatic N) is 2. The van der Waals surface area contributed by atoms with Gasteiger partial charge in [0.2, 0.25) is 5.91 Å². The molecule has 0 atom stereocenters. The minimum Gasteiger partial charge on any atom is -0.342 e. The van der Waals surface area contributed by atoms with Crippen LogP contribution in [0.4, 0.5) is 0 Å². The molecular weight excluding hydrogens is 292 g/mol. The molecule has 120 valence electrons. The van der Waals surface area contributed by atoms with E-state index >= 15 is 0 Å². The molecule has 22 heavy (non-hydrogen) atoms. The molecule has 2 saturated heterocycles. The molecule has 1 aromatic rings. The predicted molar refractivity (Wildman–Crippen MR) is 90.1 cm³/mol. The van der Waals surface area contributed by atoms with Crippen molar-refractivity contribution in [3.05, 3.63) is 22.4 Å². The van der Waals surface area contributed by atoms with E-state index in [0.717, 1.165) is 19.0 Å². The summed E-state index contributed by atoms with van der Waals surface area (Å²) < 4.78 is 0. The fourth-order valence-corrected chi connectivity index (χ4v) is 4.98. The maximum atomic E-state index is 12.5. The van der Waals surface area contributed by atoms with Gasteiger partial charge in [0.1, 0.15) is 0 Å². The number of carbonyl (C=O) groups is 1. The number of amides is 1. The largest absolute Gasteiger partial charge is 0.342 e. The predicted octanol–water partition coefficient (Wildman–Crippen LogP) is 3.16.